The minimum absolute atomic E-state index is 0.103. The van der Waals surface area contributed by atoms with Crippen molar-refractivity contribution >= 4 is 16.7 Å². The van der Waals surface area contributed by atoms with Crippen molar-refractivity contribution in [2.24, 2.45) is 0 Å². The first-order valence-electron chi connectivity index (χ1n) is 9.73. The highest BCUT2D eigenvalue weighted by Crippen LogP contribution is 2.17. The lowest BCUT2D eigenvalue weighted by Crippen LogP contribution is -2.49. The van der Waals surface area contributed by atoms with Crippen molar-refractivity contribution in [3.05, 3.63) is 76.2 Å². The molecule has 0 aliphatic carbocycles. The topological polar surface area (TPSA) is 58.4 Å². The number of likely N-dealkylation sites (N-methyl/N-ethyl adjacent to an activating group) is 1. The van der Waals surface area contributed by atoms with Gasteiger partial charge in [-0.05, 0) is 18.2 Å². The van der Waals surface area contributed by atoms with Crippen LogP contribution in [0.3, 0.4) is 0 Å². The number of nitrogens with zero attached hydrogens (tertiary/aromatic N) is 4. The zero-order valence-electron chi connectivity index (χ0n) is 16.0. The Hall–Kier alpha value is -2.99. The van der Waals surface area contributed by atoms with Crippen molar-refractivity contribution in [1.29, 1.82) is 0 Å². The maximum absolute atomic E-state index is 13.3. The molecule has 2 aromatic carbocycles. The van der Waals surface area contributed by atoms with Gasteiger partial charge in [0.25, 0.3) is 11.5 Å². The van der Waals surface area contributed by atoms with E-state index in [0.717, 1.165) is 25.2 Å². The maximum Gasteiger partial charge on any atom is 0.275 e. The van der Waals surface area contributed by atoms with Gasteiger partial charge in [-0.3, -0.25) is 9.59 Å². The molecule has 4 rings (SSSR count). The lowest BCUT2D eigenvalue weighted by Gasteiger charge is -2.34. The molecule has 2 heterocycles. The number of fused-ring (bicyclic) bond motifs is 1. The largest absolute Gasteiger partial charge is 0.335 e. The minimum Gasteiger partial charge on any atom is -0.335 e. The van der Waals surface area contributed by atoms with Crippen molar-refractivity contribution in [3.8, 4) is 0 Å². The molecular weight excluding hydrogens is 352 g/mol. The Kier molecular flexibility index (Phi) is 5.21. The Bertz CT molecular complexity index is 1040. The highest BCUT2D eigenvalue weighted by molar-refractivity contribution is 6.04. The molecule has 1 fully saturated rings. The first kappa shape index (κ1) is 18.4. The number of carbonyl (C=O) groups excluding carboxylic acids is 1. The van der Waals surface area contributed by atoms with Crippen molar-refractivity contribution in [2.75, 3.05) is 32.7 Å². The van der Waals surface area contributed by atoms with Gasteiger partial charge < -0.3 is 9.80 Å². The Balaban J connectivity index is 1.74. The summed E-state index contributed by atoms with van der Waals surface area (Å²) in [5.74, 6) is -0.103. The van der Waals surface area contributed by atoms with Crippen LogP contribution in [0.1, 0.15) is 23.0 Å². The van der Waals surface area contributed by atoms with Gasteiger partial charge in [0.15, 0.2) is 5.69 Å². The van der Waals surface area contributed by atoms with Gasteiger partial charge in [0.2, 0.25) is 0 Å². The lowest BCUT2D eigenvalue weighted by atomic mass is 10.1. The van der Waals surface area contributed by atoms with Crippen LogP contribution in [0.4, 0.5) is 0 Å². The number of rotatable bonds is 4. The highest BCUT2D eigenvalue weighted by Gasteiger charge is 2.25. The van der Waals surface area contributed by atoms with E-state index in [1.807, 2.05) is 53.4 Å². The quantitative estimate of drug-likeness (QED) is 0.701. The molecule has 1 aliphatic heterocycles. The van der Waals surface area contributed by atoms with Crippen LogP contribution in [0.15, 0.2) is 59.4 Å². The van der Waals surface area contributed by atoms with E-state index in [2.05, 4.69) is 16.9 Å². The van der Waals surface area contributed by atoms with Gasteiger partial charge in [-0.2, -0.15) is 5.10 Å². The number of carbonyl (C=O) groups is 1. The van der Waals surface area contributed by atoms with Crippen molar-refractivity contribution < 1.29 is 4.79 Å². The maximum atomic E-state index is 13.3. The fourth-order valence-electron chi connectivity index (χ4n) is 3.67. The normalized spacial score (nSPS) is 15.1. The number of aromatic nitrogens is 2. The molecule has 144 valence electrons. The minimum atomic E-state index is -0.174. The molecule has 3 aromatic rings. The van der Waals surface area contributed by atoms with Gasteiger partial charge in [-0.1, -0.05) is 55.5 Å². The molecule has 6 nitrogen and oxygen atoms in total. The highest BCUT2D eigenvalue weighted by atomic mass is 16.2. The van der Waals surface area contributed by atoms with Gasteiger partial charge in [-0.15, -0.1) is 0 Å². The predicted octanol–water partition coefficient (Wildman–Crippen LogP) is 2.22. The molecule has 1 saturated heterocycles. The van der Waals surface area contributed by atoms with Crippen LogP contribution in [0.2, 0.25) is 0 Å². The van der Waals surface area contributed by atoms with Crippen molar-refractivity contribution in [1.82, 2.24) is 19.6 Å². The number of benzene rings is 2. The summed E-state index contributed by atoms with van der Waals surface area (Å²) in [5.41, 5.74) is 1.16. The smallest absolute Gasteiger partial charge is 0.275 e. The zero-order chi connectivity index (χ0) is 19.5. The van der Waals surface area contributed by atoms with E-state index in [9.17, 15) is 9.59 Å². The summed E-state index contributed by atoms with van der Waals surface area (Å²) >= 11 is 0. The molecule has 1 amide bonds. The van der Waals surface area contributed by atoms with E-state index in [1.54, 1.807) is 6.07 Å². The van der Waals surface area contributed by atoms with E-state index in [1.165, 1.54) is 4.68 Å². The summed E-state index contributed by atoms with van der Waals surface area (Å²) in [7, 11) is 0. The molecule has 0 unspecified atom stereocenters. The van der Waals surface area contributed by atoms with Crippen LogP contribution in [0.5, 0.6) is 0 Å². The second-order valence-corrected chi connectivity index (χ2v) is 7.07. The molecule has 0 radical (unpaired) electrons. The number of amides is 1. The van der Waals surface area contributed by atoms with Crippen LogP contribution >= 0.6 is 0 Å². The van der Waals surface area contributed by atoms with Crippen LogP contribution in [0, 0.1) is 0 Å². The second kappa shape index (κ2) is 7.94. The molecule has 0 N–H and O–H groups in total. The fraction of sp³-hybridized carbons (Fsp3) is 0.318. The molecule has 1 aliphatic rings. The summed E-state index contributed by atoms with van der Waals surface area (Å²) in [6, 6.07) is 17.0. The number of piperazine rings is 1. The zero-order valence-corrected chi connectivity index (χ0v) is 16.0. The molecule has 28 heavy (non-hydrogen) atoms. The molecule has 0 spiro atoms. The first-order chi connectivity index (χ1) is 13.7. The van der Waals surface area contributed by atoms with Crippen LogP contribution in [-0.2, 0) is 6.54 Å². The van der Waals surface area contributed by atoms with Gasteiger partial charge >= 0.3 is 0 Å². The average Bonchev–Trinajstić information content (AvgIpc) is 2.76. The number of hydrogen-bond donors (Lipinski definition) is 0. The third-order valence-electron chi connectivity index (χ3n) is 5.35. The van der Waals surface area contributed by atoms with E-state index < -0.39 is 0 Å². The van der Waals surface area contributed by atoms with Crippen molar-refractivity contribution in [3.63, 3.8) is 0 Å². The average molecular weight is 376 g/mol. The molecule has 0 atom stereocenters. The van der Waals surface area contributed by atoms with E-state index in [0.29, 0.717) is 36.1 Å². The summed E-state index contributed by atoms with van der Waals surface area (Å²) < 4.78 is 1.41. The lowest BCUT2D eigenvalue weighted by molar-refractivity contribution is 0.0637. The Morgan fingerprint density at radius 2 is 1.57 bits per heavy atom. The van der Waals surface area contributed by atoms with Crippen molar-refractivity contribution in [2.45, 2.75) is 13.5 Å². The predicted molar refractivity (Wildman–Crippen MR) is 110 cm³/mol. The van der Waals surface area contributed by atoms with Gasteiger partial charge in [0, 0.05) is 31.6 Å². The SMILES string of the molecule is CCN1CCN(C(=O)c2nn(Cc3ccccc3)c(=O)c3ccccc23)CC1. The Morgan fingerprint density at radius 1 is 0.929 bits per heavy atom. The molecule has 1 aromatic heterocycles. The fourth-order valence-corrected chi connectivity index (χ4v) is 3.67. The third kappa shape index (κ3) is 3.55. The summed E-state index contributed by atoms with van der Waals surface area (Å²) in [6.45, 7) is 6.56. The van der Waals surface area contributed by atoms with E-state index in [4.69, 9.17) is 0 Å². The molecular formula is C22H24N4O2. The van der Waals surface area contributed by atoms with E-state index in [-0.39, 0.29) is 11.5 Å². The number of hydrogen-bond acceptors (Lipinski definition) is 4. The summed E-state index contributed by atoms with van der Waals surface area (Å²) in [5, 5.41) is 5.67. The van der Waals surface area contributed by atoms with Gasteiger partial charge in [-0.25, -0.2) is 4.68 Å². The van der Waals surface area contributed by atoms with Crippen LogP contribution in [0.25, 0.3) is 10.8 Å². The second-order valence-electron chi connectivity index (χ2n) is 7.07. The van der Waals surface area contributed by atoms with Gasteiger partial charge in [0.1, 0.15) is 0 Å². The molecule has 0 saturated carbocycles. The van der Waals surface area contributed by atoms with E-state index >= 15 is 0 Å². The Morgan fingerprint density at radius 3 is 2.25 bits per heavy atom. The van der Waals surface area contributed by atoms with Crippen LogP contribution in [-0.4, -0.2) is 58.2 Å². The van der Waals surface area contributed by atoms with Crippen LogP contribution < -0.4 is 5.56 Å². The monoisotopic (exact) mass is 376 g/mol. The first-order valence-corrected chi connectivity index (χ1v) is 9.73. The molecule has 6 heteroatoms. The molecule has 0 bridgehead atoms. The Labute approximate surface area is 164 Å². The summed E-state index contributed by atoms with van der Waals surface area (Å²) in [4.78, 5) is 30.4. The third-order valence-corrected chi connectivity index (χ3v) is 5.35. The standard InChI is InChI=1S/C22H24N4O2/c1-2-24-12-14-25(15-13-24)22(28)20-18-10-6-7-11-19(18)21(27)26(23-20)16-17-8-4-3-5-9-17/h3-11H,2,12-16H2,1H3. The van der Waals surface area contributed by atoms with Gasteiger partial charge in [0.05, 0.1) is 11.9 Å². The summed E-state index contributed by atoms with van der Waals surface area (Å²) in [6.07, 6.45) is 0.